The quantitative estimate of drug-likeness (QED) is 0.175. The average molecular weight is 666 g/mol. The largest absolute Gasteiger partial charge is 0.377 e. The highest BCUT2D eigenvalue weighted by atomic mass is 79.9. The van der Waals surface area contributed by atoms with Gasteiger partial charge in [0.25, 0.3) is 23.6 Å². The Balaban J connectivity index is 0.985. The normalized spacial score (nSPS) is 14.7. The predicted octanol–water partition coefficient (Wildman–Crippen LogP) is 5.44. The fraction of sp³-hybridized carbons (Fsp3) is 0.200. The van der Waals surface area contributed by atoms with Gasteiger partial charge in [-0.2, -0.15) is 0 Å². The molecule has 2 aliphatic rings. The van der Waals surface area contributed by atoms with Crippen molar-refractivity contribution in [2.75, 3.05) is 39.5 Å². The number of imide groups is 2. The van der Waals surface area contributed by atoms with Crippen molar-refractivity contribution in [3.8, 4) is 0 Å². The molecule has 0 bridgehead atoms. The van der Waals surface area contributed by atoms with Crippen LogP contribution in [0.15, 0.2) is 69.6 Å². The molecular formula is C30H22Br2N2O6. The van der Waals surface area contributed by atoms with Crippen LogP contribution in [0.1, 0.15) is 41.4 Å². The maximum Gasteiger partial charge on any atom is 0.261 e. The van der Waals surface area contributed by atoms with Gasteiger partial charge in [-0.25, -0.2) is 0 Å². The standard InChI is InChI=1S/C30H22Br2N2O6/c31-23-9-7-21-25-17(23)3-1-5-19(25)27(35)33(29(21)37)11-13-39-15-16-40-14-12-34-28(36)20-6-2-4-18-24(32)10-8-22(26(18)20)30(34)38/h1-10H,11-16H2. The molecule has 4 aromatic rings. The number of ether oxygens (including phenoxy) is 2. The summed E-state index contributed by atoms with van der Waals surface area (Å²) in [5.74, 6) is -1.38. The van der Waals surface area contributed by atoms with Crippen molar-refractivity contribution in [1.29, 1.82) is 0 Å². The van der Waals surface area contributed by atoms with E-state index >= 15 is 0 Å². The van der Waals surface area contributed by atoms with Gasteiger partial charge >= 0.3 is 0 Å². The molecule has 0 N–H and O–H groups in total. The van der Waals surface area contributed by atoms with E-state index in [1.165, 1.54) is 9.80 Å². The maximum atomic E-state index is 13.0. The van der Waals surface area contributed by atoms with Crippen molar-refractivity contribution in [3.63, 3.8) is 0 Å². The van der Waals surface area contributed by atoms with Crippen LogP contribution in [0.3, 0.4) is 0 Å². The molecule has 0 saturated carbocycles. The van der Waals surface area contributed by atoms with E-state index in [-0.39, 0.29) is 63.1 Å². The van der Waals surface area contributed by atoms with Crippen LogP contribution in [0.4, 0.5) is 0 Å². The van der Waals surface area contributed by atoms with Crippen LogP contribution in [0.2, 0.25) is 0 Å². The Labute approximate surface area is 246 Å². The van der Waals surface area contributed by atoms with Crippen LogP contribution < -0.4 is 0 Å². The molecule has 6 rings (SSSR count). The highest BCUT2D eigenvalue weighted by Crippen LogP contribution is 2.35. The summed E-state index contributed by atoms with van der Waals surface area (Å²) in [5.41, 5.74) is 1.96. The maximum absolute atomic E-state index is 13.0. The number of hydrogen-bond donors (Lipinski definition) is 0. The summed E-state index contributed by atoms with van der Waals surface area (Å²) >= 11 is 6.98. The van der Waals surface area contributed by atoms with Gasteiger partial charge in [-0.1, -0.05) is 56.1 Å². The van der Waals surface area contributed by atoms with Crippen molar-refractivity contribution < 1.29 is 28.7 Å². The van der Waals surface area contributed by atoms with Crippen LogP contribution in [-0.4, -0.2) is 72.9 Å². The topological polar surface area (TPSA) is 93.2 Å². The lowest BCUT2D eigenvalue weighted by Gasteiger charge is -2.27. The van der Waals surface area contributed by atoms with Gasteiger partial charge < -0.3 is 9.47 Å². The summed E-state index contributed by atoms with van der Waals surface area (Å²) in [7, 11) is 0. The Hall–Kier alpha value is -3.44. The van der Waals surface area contributed by atoms with Crippen LogP contribution in [0, 0.1) is 0 Å². The summed E-state index contributed by atoms with van der Waals surface area (Å²) in [6.45, 7) is 0.994. The van der Waals surface area contributed by atoms with Gasteiger partial charge in [0.1, 0.15) is 0 Å². The third-order valence-electron chi connectivity index (χ3n) is 7.17. The van der Waals surface area contributed by atoms with E-state index in [0.717, 1.165) is 19.7 Å². The number of halogens is 2. The number of rotatable bonds is 9. The van der Waals surface area contributed by atoms with Crippen molar-refractivity contribution >= 4 is 77.0 Å². The zero-order valence-corrected chi connectivity index (χ0v) is 24.3. The Morgan fingerprint density at radius 3 is 1.27 bits per heavy atom. The fourth-order valence-electron chi connectivity index (χ4n) is 5.26. The van der Waals surface area contributed by atoms with E-state index in [2.05, 4.69) is 31.9 Å². The van der Waals surface area contributed by atoms with E-state index in [0.29, 0.717) is 33.0 Å². The molecule has 202 valence electrons. The predicted molar refractivity (Wildman–Crippen MR) is 156 cm³/mol. The minimum Gasteiger partial charge on any atom is -0.377 e. The van der Waals surface area contributed by atoms with Crippen LogP contribution in [0.25, 0.3) is 21.5 Å². The van der Waals surface area contributed by atoms with E-state index < -0.39 is 0 Å². The Bertz CT molecular complexity index is 1570. The van der Waals surface area contributed by atoms with E-state index in [1.54, 1.807) is 36.4 Å². The molecule has 0 spiro atoms. The number of hydrogen-bond acceptors (Lipinski definition) is 6. The zero-order chi connectivity index (χ0) is 28.0. The van der Waals surface area contributed by atoms with Crippen LogP contribution in [0.5, 0.6) is 0 Å². The molecule has 0 atom stereocenters. The molecule has 2 heterocycles. The lowest BCUT2D eigenvalue weighted by Crippen LogP contribution is -2.42. The summed E-state index contributed by atoms with van der Waals surface area (Å²) in [4.78, 5) is 54.5. The highest BCUT2D eigenvalue weighted by Gasteiger charge is 2.34. The number of amides is 4. The molecule has 4 amide bonds. The van der Waals surface area contributed by atoms with Gasteiger partial charge in [-0.15, -0.1) is 0 Å². The van der Waals surface area contributed by atoms with Crippen LogP contribution >= 0.6 is 31.9 Å². The second-order valence-corrected chi connectivity index (χ2v) is 11.1. The molecule has 4 aromatic carbocycles. The van der Waals surface area contributed by atoms with Gasteiger partial charge in [-0.05, 0) is 47.2 Å². The van der Waals surface area contributed by atoms with Crippen LogP contribution in [-0.2, 0) is 9.47 Å². The third kappa shape index (κ3) is 4.45. The highest BCUT2D eigenvalue weighted by molar-refractivity contribution is 9.11. The second-order valence-electron chi connectivity index (χ2n) is 9.39. The molecule has 0 unspecified atom stereocenters. The molecule has 0 saturated heterocycles. The molecule has 0 aromatic heterocycles. The van der Waals surface area contributed by atoms with Gasteiger partial charge in [0.15, 0.2) is 0 Å². The first-order valence-electron chi connectivity index (χ1n) is 12.7. The van der Waals surface area contributed by atoms with Gasteiger partial charge in [0.05, 0.1) is 39.5 Å². The number of carbonyl (C=O) groups excluding carboxylic acids is 4. The first-order chi connectivity index (χ1) is 19.4. The van der Waals surface area contributed by atoms with Gasteiger partial charge in [0, 0.05) is 42.0 Å². The van der Waals surface area contributed by atoms with E-state index in [4.69, 9.17) is 9.47 Å². The average Bonchev–Trinajstić information content (AvgIpc) is 2.96. The van der Waals surface area contributed by atoms with Crippen molar-refractivity contribution in [2.24, 2.45) is 0 Å². The summed E-state index contributed by atoms with van der Waals surface area (Å²) in [5, 5.41) is 2.98. The first kappa shape index (κ1) is 26.8. The van der Waals surface area contributed by atoms with Crippen molar-refractivity contribution in [3.05, 3.63) is 91.9 Å². The summed E-state index contributed by atoms with van der Waals surface area (Å²) in [6, 6.07) is 17.9. The molecule has 0 fully saturated rings. The SMILES string of the molecule is O=C1c2cccc3c(Br)ccc(c23)C(=O)N1CCOCCOCCN1C(=O)c2cccc3c(Br)ccc(c23)C1=O. The third-order valence-corrected chi connectivity index (χ3v) is 8.55. The lowest BCUT2D eigenvalue weighted by atomic mass is 9.94. The first-order valence-corrected chi connectivity index (χ1v) is 14.3. The van der Waals surface area contributed by atoms with Crippen molar-refractivity contribution in [1.82, 2.24) is 9.80 Å². The molecular weight excluding hydrogens is 644 g/mol. The molecule has 0 aliphatic carbocycles. The Morgan fingerprint density at radius 1 is 0.500 bits per heavy atom. The van der Waals surface area contributed by atoms with E-state index in [1.807, 2.05) is 24.3 Å². The number of benzene rings is 4. The molecule has 40 heavy (non-hydrogen) atoms. The smallest absolute Gasteiger partial charge is 0.261 e. The molecule has 10 heteroatoms. The number of nitrogens with zero attached hydrogens (tertiary/aromatic N) is 2. The van der Waals surface area contributed by atoms with Gasteiger partial charge in [0.2, 0.25) is 0 Å². The minimum atomic E-state index is -0.346. The fourth-order valence-corrected chi connectivity index (χ4v) is 6.19. The minimum absolute atomic E-state index is 0.113. The van der Waals surface area contributed by atoms with E-state index in [9.17, 15) is 19.2 Å². The molecule has 0 radical (unpaired) electrons. The van der Waals surface area contributed by atoms with Crippen molar-refractivity contribution in [2.45, 2.75) is 0 Å². The molecule has 8 nitrogen and oxygen atoms in total. The Morgan fingerprint density at radius 2 is 0.875 bits per heavy atom. The lowest BCUT2D eigenvalue weighted by molar-refractivity contribution is 0.0264. The monoisotopic (exact) mass is 664 g/mol. The second kappa shape index (κ2) is 10.9. The summed E-state index contributed by atoms with van der Waals surface area (Å²) < 4.78 is 12.9. The Kier molecular flexibility index (Phi) is 7.26. The van der Waals surface area contributed by atoms with Gasteiger partial charge in [-0.3, -0.25) is 29.0 Å². The summed E-state index contributed by atoms with van der Waals surface area (Å²) in [6.07, 6.45) is 0. The zero-order valence-electron chi connectivity index (χ0n) is 21.1. The number of carbonyl (C=O) groups is 4. The molecule has 2 aliphatic heterocycles.